The van der Waals surface area contributed by atoms with Gasteiger partial charge in [-0.2, -0.15) is 4.98 Å². The first-order valence-electron chi connectivity index (χ1n) is 9.28. The number of methoxy groups -OCH3 is 2. The third kappa shape index (κ3) is 3.29. The van der Waals surface area contributed by atoms with Crippen LogP contribution in [0.25, 0.3) is 10.9 Å². The van der Waals surface area contributed by atoms with Gasteiger partial charge < -0.3 is 25.2 Å². The summed E-state index contributed by atoms with van der Waals surface area (Å²) in [7, 11) is 3.16. The monoisotopic (exact) mass is 380 g/mol. The van der Waals surface area contributed by atoms with E-state index in [4.69, 9.17) is 15.2 Å². The molecule has 0 aliphatic carbocycles. The molecule has 2 heterocycles. The molecule has 3 aromatic rings. The van der Waals surface area contributed by atoms with Gasteiger partial charge in [0.15, 0.2) is 11.5 Å². The molecule has 0 spiro atoms. The van der Waals surface area contributed by atoms with E-state index in [1.54, 1.807) is 26.4 Å². The summed E-state index contributed by atoms with van der Waals surface area (Å²) in [6.45, 7) is 1.20. The molecule has 2 aromatic carbocycles. The molecule has 7 nitrogen and oxygen atoms in total. The number of fused-ring (bicyclic) bond motifs is 1. The normalized spacial score (nSPS) is 19.6. The molecule has 3 N–H and O–H groups in total. The number of nitrogens with two attached hydrogens (primary N) is 1. The number of rotatable bonds is 4. The van der Waals surface area contributed by atoms with Gasteiger partial charge >= 0.3 is 0 Å². The van der Waals surface area contributed by atoms with Crippen molar-refractivity contribution < 1.29 is 14.6 Å². The van der Waals surface area contributed by atoms with Crippen LogP contribution < -0.4 is 20.1 Å². The molecule has 4 rings (SSSR count). The Bertz CT molecular complexity index is 980. The van der Waals surface area contributed by atoms with Gasteiger partial charge in [-0.25, -0.2) is 4.98 Å². The SMILES string of the molecule is COc1cc2nc(N3CC[C@H](c4ccccc4)[C@H](O)C3)nc(N)c2cc1OC. The number of aliphatic hydroxyl groups is 1. The van der Waals surface area contributed by atoms with Crippen molar-refractivity contribution in [2.24, 2.45) is 0 Å². The second kappa shape index (κ2) is 7.52. The molecule has 1 aromatic heterocycles. The Balaban J connectivity index is 1.63. The molecule has 0 bridgehead atoms. The van der Waals surface area contributed by atoms with E-state index in [0.29, 0.717) is 40.7 Å². The molecular formula is C21H24N4O3. The van der Waals surface area contributed by atoms with Crippen LogP contribution in [0.5, 0.6) is 11.5 Å². The third-order valence-corrected chi connectivity index (χ3v) is 5.31. The number of nitrogens with zero attached hydrogens (tertiary/aromatic N) is 3. The van der Waals surface area contributed by atoms with Crippen LogP contribution in [-0.4, -0.2) is 48.5 Å². The summed E-state index contributed by atoms with van der Waals surface area (Å²) >= 11 is 0. The van der Waals surface area contributed by atoms with E-state index in [1.165, 1.54) is 0 Å². The molecule has 0 saturated carbocycles. The average molecular weight is 380 g/mol. The van der Waals surface area contributed by atoms with Crippen LogP contribution in [-0.2, 0) is 0 Å². The number of aliphatic hydroxyl groups excluding tert-OH is 1. The zero-order valence-electron chi connectivity index (χ0n) is 16.0. The van der Waals surface area contributed by atoms with Crippen LogP contribution in [0.4, 0.5) is 11.8 Å². The zero-order valence-corrected chi connectivity index (χ0v) is 16.0. The standard InChI is InChI=1S/C21H24N4O3/c1-27-18-10-15-16(11-19(18)28-2)23-21(24-20(15)22)25-9-8-14(17(26)12-25)13-6-4-3-5-7-13/h3-7,10-11,14,17,26H,8-9,12H2,1-2H3,(H2,22,23,24)/t14-,17-/m1/s1. The maximum absolute atomic E-state index is 10.7. The number of nitrogen functional groups attached to an aromatic ring is 1. The molecule has 1 fully saturated rings. The molecule has 146 valence electrons. The Kier molecular flexibility index (Phi) is 4.92. The fraction of sp³-hybridized carbons (Fsp3) is 0.333. The Morgan fingerprint density at radius 2 is 1.79 bits per heavy atom. The van der Waals surface area contributed by atoms with E-state index in [-0.39, 0.29) is 5.92 Å². The molecule has 2 atom stereocenters. The summed E-state index contributed by atoms with van der Waals surface area (Å²) in [5.74, 6) is 2.17. The van der Waals surface area contributed by atoms with Crippen molar-refractivity contribution in [1.29, 1.82) is 0 Å². The van der Waals surface area contributed by atoms with Crippen LogP contribution in [0.3, 0.4) is 0 Å². The number of piperidine rings is 1. The molecule has 1 aliphatic rings. The van der Waals surface area contributed by atoms with Crippen molar-refractivity contribution in [3.05, 3.63) is 48.0 Å². The summed E-state index contributed by atoms with van der Waals surface area (Å²) in [5.41, 5.74) is 8.03. The number of hydrogen-bond donors (Lipinski definition) is 2. The van der Waals surface area contributed by atoms with Crippen molar-refractivity contribution >= 4 is 22.7 Å². The number of benzene rings is 2. The van der Waals surface area contributed by atoms with Crippen LogP contribution in [0.2, 0.25) is 0 Å². The van der Waals surface area contributed by atoms with Gasteiger partial charge in [0.05, 0.1) is 25.8 Å². The minimum atomic E-state index is -0.498. The molecule has 1 aliphatic heterocycles. The summed E-state index contributed by atoms with van der Waals surface area (Å²) in [6, 6.07) is 13.7. The average Bonchev–Trinajstić information content (AvgIpc) is 2.73. The second-order valence-electron chi connectivity index (χ2n) is 6.95. The van der Waals surface area contributed by atoms with Crippen LogP contribution in [0, 0.1) is 0 Å². The summed E-state index contributed by atoms with van der Waals surface area (Å²) in [6.07, 6.45) is 0.320. The molecular weight excluding hydrogens is 356 g/mol. The highest BCUT2D eigenvalue weighted by Gasteiger charge is 2.30. The Morgan fingerprint density at radius 1 is 1.07 bits per heavy atom. The van der Waals surface area contributed by atoms with Crippen LogP contribution in [0.1, 0.15) is 17.9 Å². The highest BCUT2D eigenvalue weighted by atomic mass is 16.5. The fourth-order valence-electron chi connectivity index (χ4n) is 3.81. The minimum Gasteiger partial charge on any atom is -0.493 e. The Morgan fingerprint density at radius 3 is 2.46 bits per heavy atom. The number of ether oxygens (including phenoxy) is 2. The van der Waals surface area contributed by atoms with Crippen LogP contribution >= 0.6 is 0 Å². The lowest BCUT2D eigenvalue weighted by atomic mass is 9.87. The first-order valence-corrected chi connectivity index (χ1v) is 9.28. The fourth-order valence-corrected chi connectivity index (χ4v) is 3.81. The van der Waals surface area contributed by atoms with Gasteiger partial charge in [-0.05, 0) is 18.1 Å². The summed E-state index contributed by atoms with van der Waals surface area (Å²) < 4.78 is 10.7. The lowest BCUT2D eigenvalue weighted by Gasteiger charge is -2.36. The van der Waals surface area contributed by atoms with E-state index in [2.05, 4.69) is 22.1 Å². The number of anilines is 2. The predicted molar refractivity (Wildman–Crippen MR) is 109 cm³/mol. The van der Waals surface area contributed by atoms with Gasteiger partial charge in [-0.3, -0.25) is 0 Å². The van der Waals surface area contributed by atoms with Crippen molar-refractivity contribution in [3.63, 3.8) is 0 Å². The van der Waals surface area contributed by atoms with Gasteiger partial charge in [0.2, 0.25) is 5.95 Å². The van der Waals surface area contributed by atoms with E-state index in [9.17, 15) is 5.11 Å². The quantitative estimate of drug-likeness (QED) is 0.718. The van der Waals surface area contributed by atoms with Gasteiger partial charge in [0, 0.05) is 30.5 Å². The highest BCUT2D eigenvalue weighted by Crippen LogP contribution is 2.35. The number of aromatic nitrogens is 2. The first kappa shape index (κ1) is 18.3. The molecule has 1 saturated heterocycles. The molecule has 7 heteroatoms. The Hall–Kier alpha value is -3.06. The van der Waals surface area contributed by atoms with Gasteiger partial charge in [0.1, 0.15) is 5.82 Å². The molecule has 0 amide bonds. The van der Waals surface area contributed by atoms with Gasteiger partial charge in [-0.1, -0.05) is 30.3 Å². The third-order valence-electron chi connectivity index (χ3n) is 5.31. The smallest absolute Gasteiger partial charge is 0.227 e. The molecule has 28 heavy (non-hydrogen) atoms. The van der Waals surface area contributed by atoms with E-state index < -0.39 is 6.10 Å². The predicted octanol–water partition coefficient (Wildman–Crippen LogP) is 2.58. The van der Waals surface area contributed by atoms with Crippen molar-refractivity contribution in [2.45, 2.75) is 18.4 Å². The van der Waals surface area contributed by atoms with E-state index >= 15 is 0 Å². The van der Waals surface area contributed by atoms with E-state index in [0.717, 1.165) is 18.5 Å². The van der Waals surface area contributed by atoms with Gasteiger partial charge in [-0.15, -0.1) is 0 Å². The first-order chi connectivity index (χ1) is 13.6. The number of β-amino-alcohol motifs (C(OH)–C–C–N with tert-alkyl or cyclic N) is 1. The number of hydrogen-bond acceptors (Lipinski definition) is 7. The van der Waals surface area contributed by atoms with Crippen molar-refractivity contribution in [1.82, 2.24) is 9.97 Å². The minimum absolute atomic E-state index is 0.111. The lowest BCUT2D eigenvalue weighted by molar-refractivity contribution is 0.129. The summed E-state index contributed by atoms with van der Waals surface area (Å²) in [4.78, 5) is 11.1. The summed E-state index contributed by atoms with van der Waals surface area (Å²) in [5, 5.41) is 11.4. The largest absolute Gasteiger partial charge is 0.493 e. The molecule has 0 radical (unpaired) electrons. The lowest BCUT2D eigenvalue weighted by Crippen LogP contribution is -2.43. The van der Waals surface area contributed by atoms with Crippen molar-refractivity contribution in [3.8, 4) is 11.5 Å². The Labute approximate surface area is 163 Å². The van der Waals surface area contributed by atoms with Crippen LogP contribution in [0.15, 0.2) is 42.5 Å². The maximum Gasteiger partial charge on any atom is 0.227 e. The topological polar surface area (TPSA) is 93.7 Å². The van der Waals surface area contributed by atoms with Crippen molar-refractivity contribution in [2.75, 3.05) is 37.9 Å². The van der Waals surface area contributed by atoms with Gasteiger partial charge in [0.25, 0.3) is 0 Å². The zero-order chi connectivity index (χ0) is 19.7. The van der Waals surface area contributed by atoms with E-state index in [1.807, 2.05) is 23.1 Å². The second-order valence-corrected chi connectivity index (χ2v) is 6.95. The molecule has 0 unspecified atom stereocenters. The highest BCUT2D eigenvalue weighted by molar-refractivity contribution is 5.91. The maximum atomic E-state index is 10.7.